The summed E-state index contributed by atoms with van der Waals surface area (Å²) < 4.78 is 5.49. The van der Waals surface area contributed by atoms with Crippen LogP contribution in [0.3, 0.4) is 0 Å². The summed E-state index contributed by atoms with van der Waals surface area (Å²) in [7, 11) is 0. The second-order valence-corrected chi connectivity index (χ2v) is 10.2. The molecule has 2 amide bonds. The van der Waals surface area contributed by atoms with Gasteiger partial charge in [0.25, 0.3) is 5.91 Å². The lowest BCUT2D eigenvalue weighted by molar-refractivity contribution is 0.0270. The smallest absolute Gasteiger partial charge is 0.410 e. The van der Waals surface area contributed by atoms with E-state index in [1.54, 1.807) is 4.90 Å². The molecule has 0 spiro atoms. The van der Waals surface area contributed by atoms with Gasteiger partial charge in [-0.25, -0.2) is 4.79 Å². The zero-order valence-corrected chi connectivity index (χ0v) is 21.2. The molecular weight excluding hydrogens is 436 g/mol. The fraction of sp³-hybridized carbons (Fsp3) is 0.333. The third kappa shape index (κ3) is 5.73. The number of benzene rings is 3. The maximum atomic E-state index is 13.3. The van der Waals surface area contributed by atoms with Crippen molar-refractivity contribution in [3.05, 3.63) is 89.0 Å². The van der Waals surface area contributed by atoms with Crippen LogP contribution in [-0.4, -0.2) is 35.6 Å². The lowest BCUT2D eigenvalue weighted by atomic mass is 9.95. The number of ether oxygens (including phenoxy) is 1. The van der Waals surface area contributed by atoms with Gasteiger partial charge in [0.15, 0.2) is 0 Å². The molecule has 1 aliphatic heterocycles. The number of fused-ring (bicyclic) bond motifs is 1. The Morgan fingerprint density at radius 3 is 2.49 bits per heavy atom. The quantitative estimate of drug-likeness (QED) is 0.464. The highest BCUT2D eigenvalue weighted by Gasteiger charge is 2.24. The van der Waals surface area contributed by atoms with Gasteiger partial charge >= 0.3 is 6.09 Å². The van der Waals surface area contributed by atoms with Crippen molar-refractivity contribution >= 4 is 28.3 Å². The Kier molecular flexibility index (Phi) is 6.97. The van der Waals surface area contributed by atoms with E-state index in [0.717, 1.165) is 39.5 Å². The Labute approximate surface area is 207 Å². The summed E-state index contributed by atoms with van der Waals surface area (Å²) in [6.45, 7) is 10.7. The summed E-state index contributed by atoms with van der Waals surface area (Å²) >= 11 is 0. The first-order chi connectivity index (χ1) is 16.6. The van der Waals surface area contributed by atoms with E-state index in [-0.39, 0.29) is 18.0 Å². The minimum atomic E-state index is -0.510. The molecule has 0 unspecified atom stereocenters. The van der Waals surface area contributed by atoms with Crippen molar-refractivity contribution in [2.75, 3.05) is 13.1 Å². The zero-order chi connectivity index (χ0) is 25.2. The van der Waals surface area contributed by atoms with Crippen molar-refractivity contribution in [2.24, 2.45) is 0 Å². The van der Waals surface area contributed by atoms with Crippen LogP contribution in [0.2, 0.25) is 0 Å². The Hall–Kier alpha value is -3.60. The molecule has 0 saturated heterocycles. The molecule has 4 rings (SSSR count). The minimum absolute atomic E-state index is 0.0865. The highest BCUT2D eigenvalue weighted by molar-refractivity contribution is 5.97. The number of amides is 2. The standard InChI is InChI=1S/C30H34N2O3/c1-20-13-14-24(22-15-17-32(18-16-22)29(34)35-30(3,4)5)19-27(20)28(33)31-21(2)25-12-8-10-23-9-6-7-11-26(23)25/h6-15,19,21H,16-18H2,1-5H3,(H,31,33)/t21-/m1/s1. The Balaban J connectivity index is 1.49. The molecule has 0 aliphatic carbocycles. The van der Waals surface area contributed by atoms with Gasteiger partial charge in [-0.15, -0.1) is 0 Å². The van der Waals surface area contributed by atoms with Crippen LogP contribution in [0.5, 0.6) is 0 Å². The Morgan fingerprint density at radius 2 is 1.77 bits per heavy atom. The van der Waals surface area contributed by atoms with Crippen molar-refractivity contribution in [1.82, 2.24) is 10.2 Å². The van der Waals surface area contributed by atoms with Crippen LogP contribution >= 0.6 is 0 Å². The molecular formula is C30H34N2O3. The predicted molar refractivity (Wildman–Crippen MR) is 141 cm³/mol. The lowest BCUT2D eigenvalue weighted by Gasteiger charge is -2.29. The third-order valence-corrected chi connectivity index (χ3v) is 6.35. The number of carbonyl (C=O) groups is 2. The van der Waals surface area contributed by atoms with E-state index >= 15 is 0 Å². The molecule has 5 heteroatoms. The van der Waals surface area contributed by atoms with Gasteiger partial charge in [0, 0.05) is 18.7 Å². The van der Waals surface area contributed by atoms with Gasteiger partial charge in [-0.1, -0.05) is 60.7 Å². The van der Waals surface area contributed by atoms with Gasteiger partial charge in [0.1, 0.15) is 5.60 Å². The highest BCUT2D eigenvalue weighted by atomic mass is 16.6. The SMILES string of the molecule is Cc1ccc(C2=CCN(C(=O)OC(C)(C)C)CC2)cc1C(=O)N[C@H](C)c1cccc2ccccc12. The summed E-state index contributed by atoms with van der Waals surface area (Å²) in [5.74, 6) is -0.0865. The molecule has 0 radical (unpaired) electrons. The van der Waals surface area contributed by atoms with Gasteiger partial charge in [0.2, 0.25) is 0 Å². The van der Waals surface area contributed by atoms with Crippen molar-refractivity contribution in [3.8, 4) is 0 Å². The van der Waals surface area contributed by atoms with Crippen molar-refractivity contribution in [1.29, 1.82) is 0 Å². The predicted octanol–water partition coefficient (Wildman–Crippen LogP) is 6.66. The van der Waals surface area contributed by atoms with Crippen LogP contribution < -0.4 is 5.32 Å². The van der Waals surface area contributed by atoms with E-state index in [1.807, 2.05) is 65.0 Å². The van der Waals surface area contributed by atoms with Crippen LogP contribution in [0, 0.1) is 6.92 Å². The van der Waals surface area contributed by atoms with E-state index in [4.69, 9.17) is 4.74 Å². The molecule has 0 saturated carbocycles. The second-order valence-electron chi connectivity index (χ2n) is 10.2. The van der Waals surface area contributed by atoms with Crippen molar-refractivity contribution in [2.45, 2.75) is 52.7 Å². The molecule has 3 aromatic carbocycles. The van der Waals surface area contributed by atoms with Gasteiger partial charge in [0.05, 0.1) is 6.04 Å². The Bertz CT molecular complexity index is 1280. The maximum absolute atomic E-state index is 13.3. The van der Waals surface area contributed by atoms with Gasteiger partial charge in [-0.3, -0.25) is 4.79 Å². The number of nitrogens with one attached hydrogen (secondary N) is 1. The number of rotatable bonds is 4. The summed E-state index contributed by atoms with van der Waals surface area (Å²) in [5, 5.41) is 5.50. The number of hydrogen-bond donors (Lipinski definition) is 1. The number of carbonyl (C=O) groups excluding carboxylic acids is 2. The van der Waals surface area contributed by atoms with E-state index in [2.05, 4.69) is 41.7 Å². The van der Waals surface area contributed by atoms with Crippen LogP contribution in [0.1, 0.15) is 67.2 Å². The summed E-state index contributed by atoms with van der Waals surface area (Å²) in [4.78, 5) is 27.4. The summed E-state index contributed by atoms with van der Waals surface area (Å²) in [5.41, 5.74) is 4.35. The molecule has 1 heterocycles. The van der Waals surface area contributed by atoms with E-state index in [0.29, 0.717) is 18.7 Å². The zero-order valence-electron chi connectivity index (χ0n) is 21.2. The number of hydrogen-bond acceptors (Lipinski definition) is 3. The van der Waals surface area contributed by atoms with E-state index in [1.165, 1.54) is 0 Å². The second kappa shape index (κ2) is 9.95. The normalized spacial score (nSPS) is 14.9. The van der Waals surface area contributed by atoms with E-state index in [9.17, 15) is 9.59 Å². The molecule has 0 fully saturated rings. The average molecular weight is 471 g/mol. The first-order valence-electron chi connectivity index (χ1n) is 12.2. The van der Waals surface area contributed by atoms with Crippen LogP contribution in [0.25, 0.3) is 16.3 Å². The molecule has 182 valence electrons. The Morgan fingerprint density at radius 1 is 1.03 bits per heavy atom. The largest absolute Gasteiger partial charge is 0.444 e. The summed E-state index contributed by atoms with van der Waals surface area (Å²) in [6, 6.07) is 20.3. The topological polar surface area (TPSA) is 58.6 Å². The van der Waals surface area contributed by atoms with Crippen LogP contribution in [0.4, 0.5) is 4.79 Å². The number of aryl methyl sites for hydroxylation is 1. The van der Waals surface area contributed by atoms with E-state index < -0.39 is 5.60 Å². The molecule has 3 aromatic rings. The van der Waals surface area contributed by atoms with Crippen LogP contribution in [0.15, 0.2) is 66.7 Å². The van der Waals surface area contributed by atoms with Gasteiger partial charge in [-0.2, -0.15) is 0 Å². The monoisotopic (exact) mass is 470 g/mol. The highest BCUT2D eigenvalue weighted by Crippen LogP contribution is 2.27. The molecule has 0 aromatic heterocycles. The molecule has 1 aliphatic rings. The minimum Gasteiger partial charge on any atom is -0.444 e. The maximum Gasteiger partial charge on any atom is 0.410 e. The number of nitrogens with zero attached hydrogens (tertiary/aromatic N) is 1. The van der Waals surface area contributed by atoms with Gasteiger partial charge < -0.3 is 15.0 Å². The first kappa shape index (κ1) is 24.5. The molecule has 35 heavy (non-hydrogen) atoms. The lowest BCUT2D eigenvalue weighted by Crippen LogP contribution is -2.39. The molecule has 5 nitrogen and oxygen atoms in total. The van der Waals surface area contributed by atoms with Gasteiger partial charge in [-0.05, 0) is 80.1 Å². The molecule has 1 N–H and O–H groups in total. The molecule has 0 bridgehead atoms. The van der Waals surface area contributed by atoms with Crippen molar-refractivity contribution in [3.63, 3.8) is 0 Å². The fourth-order valence-corrected chi connectivity index (χ4v) is 4.47. The first-order valence-corrected chi connectivity index (χ1v) is 12.2. The third-order valence-electron chi connectivity index (χ3n) is 6.35. The fourth-order valence-electron chi connectivity index (χ4n) is 4.47. The van der Waals surface area contributed by atoms with Crippen molar-refractivity contribution < 1.29 is 14.3 Å². The molecule has 1 atom stereocenters. The van der Waals surface area contributed by atoms with Crippen LogP contribution in [-0.2, 0) is 4.74 Å². The summed E-state index contributed by atoms with van der Waals surface area (Å²) in [6.07, 6.45) is 2.48. The average Bonchev–Trinajstić information content (AvgIpc) is 2.83.